The molecule has 0 aromatic heterocycles. The Morgan fingerprint density at radius 2 is 2.09 bits per heavy atom. The lowest BCUT2D eigenvalue weighted by Gasteiger charge is -2.31. The highest BCUT2D eigenvalue weighted by molar-refractivity contribution is 5.77. The number of terminal acetylenes is 1. The molecule has 0 bridgehead atoms. The third-order valence-corrected chi connectivity index (χ3v) is 3.91. The van der Waals surface area contributed by atoms with Gasteiger partial charge < -0.3 is 19.1 Å². The highest BCUT2D eigenvalue weighted by Gasteiger charge is 2.23. The van der Waals surface area contributed by atoms with Crippen molar-refractivity contribution < 1.29 is 19.0 Å². The Labute approximate surface area is 137 Å². The van der Waals surface area contributed by atoms with Crippen LogP contribution in [0.3, 0.4) is 0 Å². The maximum Gasteiger partial charge on any atom is 0.260 e. The zero-order valence-corrected chi connectivity index (χ0v) is 13.5. The summed E-state index contributed by atoms with van der Waals surface area (Å²) in [5.41, 5.74) is 0. The van der Waals surface area contributed by atoms with Crippen molar-refractivity contribution in [3.8, 4) is 23.8 Å². The molecule has 0 saturated carbocycles. The van der Waals surface area contributed by atoms with Gasteiger partial charge in [0.05, 0.1) is 13.7 Å². The van der Waals surface area contributed by atoms with Gasteiger partial charge in [0, 0.05) is 19.2 Å². The van der Waals surface area contributed by atoms with Gasteiger partial charge in [0.25, 0.3) is 5.91 Å². The van der Waals surface area contributed by atoms with Crippen LogP contribution in [-0.4, -0.2) is 50.8 Å². The van der Waals surface area contributed by atoms with E-state index in [-0.39, 0.29) is 12.5 Å². The summed E-state index contributed by atoms with van der Waals surface area (Å²) in [5.74, 6) is 4.30. The fourth-order valence-corrected chi connectivity index (χ4v) is 2.56. The molecule has 1 aromatic rings. The fraction of sp³-hybridized carbons (Fsp3) is 0.500. The van der Waals surface area contributed by atoms with E-state index in [0.717, 1.165) is 25.9 Å². The number of benzene rings is 1. The summed E-state index contributed by atoms with van der Waals surface area (Å²) in [6.45, 7) is 2.56. The van der Waals surface area contributed by atoms with E-state index in [1.54, 1.807) is 13.2 Å². The molecule has 1 heterocycles. The van der Waals surface area contributed by atoms with Gasteiger partial charge in [-0.3, -0.25) is 4.79 Å². The monoisotopic (exact) mass is 317 g/mol. The molecule has 1 aliphatic heterocycles. The summed E-state index contributed by atoms with van der Waals surface area (Å²) in [7, 11) is 1.60. The van der Waals surface area contributed by atoms with E-state index >= 15 is 0 Å². The Bertz CT molecular complexity index is 544. The molecule has 0 atom stereocenters. The lowest BCUT2D eigenvalue weighted by atomic mass is 9.98. The van der Waals surface area contributed by atoms with E-state index in [1.165, 1.54) is 0 Å². The van der Waals surface area contributed by atoms with E-state index in [0.29, 0.717) is 30.6 Å². The molecule has 1 aliphatic rings. The van der Waals surface area contributed by atoms with E-state index in [4.69, 9.17) is 20.6 Å². The quantitative estimate of drug-likeness (QED) is 0.570. The fourth-order valence-electron chi connectivity index (χ4n) is 2.56. The molecule has 2 rings (SSSR count). The molecule has 1 saturated heterocycles. The summed E-state index contributed by atoms with van der Waals surface area (Å²) >= 11 is 0. The Hall–Kier alpha value is -2.19. The third-order valence-electron chi connectivity index (χ3n) is 3.91. The summed E-state index contributed by atoms with van der Waals surface area (Å²) in [5, 5.41) is 0. The number of amides is 1. The van der Waals surface area contributed by atoms with Crippen LogP contribution in [0.25, 0.3) is 0 Å². The van der Waals surface area contributed by atoms with Crippen LogP contribution in [0.4, 0.5) is 0 Å². The van der Waals surface area contributed by atoms with Crippen molar-refractivity contribution in [2.75, 3.05) is 40.0 Å². The number of rotatable bonds is 7. The SMILES string of the molecule is C#CCOCC1CCN(C(=O)COc2cccc(OC)c2)CC1. The van der Waals surface area contributed by atoms with Crippen LogP contribution >= 0.6 is 0 Å². The molecule has 5 nitrogen and oxygen atoms in total. The number of ether oxygens (including phenoxy) is 3. The van der Waals surface area contributed by atoms with Crippen LogP contribution in [-0.2, 0) is 9.53 Å². The van der Waals surface area contributed by atoms with Crippen molar-refractivity contribution in [1.29, 1.82) is 0 Å². The van der Waals surface area contributed by atoms with Crippen LogP contribution < -0.4 is 9.47 Å². The Balaban J connectivity index is 1.71. The van der Waals surface area contributed by atoms with Gasteiger partial charge >= 0.3 is 0 Å². The smallest absolute Gasteiger partial charge is 0.260 e. The molecule has 0 radical (unpaired) electrons. The Morgan fingerprint density at radius 3 is 2.78 bits per heavy atom. The van der Waals surface area contributed by atoms with Gasteiger partial charge in [-0.1, -0.05) is 12.0 Å². The molecule has 0 N–H and O–H groups in total. The largest absolute Gasteiger partial charge is 0.497 e. The van der Waals surface area contributed by atoms with E-state index in [9.17, 15) is 4.79 Å². The first-order valence-corrected chi connectivity index (χ1v) is 7.78. The van der Waals surface area contributed by atoms with Crippen molar-refractivity contribution >= 4 is 5.91 Å². The summed E-state index contributed by atoms with van der Waals surface area (Å²) in [6, 6.07) is 7.25. The van der Waals surface area contributed by atoms with E-state index in [2.05, 4.69) is 5.92 Å². The molecule has 5 heteroatoms. The molecular weight excluding hydrogens is 294 g/mol. The number of carbonyl (C=O) groups is 1. The first-order valence-electron chi connectivity index (χ1n) is 7.78. The van der Waals surface area contributed by atoms with Crippen LogP contribution in [0.5, 0.6) is 11.5 Å². The first kappa shape index (κ1) is 17.2. The zero-order chi connectivity index (χ0) is 16.5. The number of nitrogens with zero attached hydrogens (tertiary/aromatic N) is 1. The average molecular weight is 317 g/mol. The normalized spacial score (nSPS) is 15.0. The number of hydrogen-bond acceptors (Lipinski definition) is 4. The van der Waals surface area contributed by atoms with Crippen molar-refractivity contribution in [2.24, 2.45) is 5.92 Å². The van der Waals surface area contributed by atoms with Crippen LogP contribution in [0, 0.1) is 18.3 Å². The number of carbonyl (C=O) groups excluding carboxylic acids is 1. The van der Waals surface area contributed by atoms with Crippen LogP contribution in [0.15, 0.2) is 24.3 Å². The van der Waals surface area contributed by atoms with Gasteiger partial charge in [-0.2, -0.15) is 0 Å². The maximum atomic E-state index is 12.2. The van der Waals surface area contributed by atoms with Crippen molar-refractivity contribution in [2.45, 2.75) is 12.8 Å². The van der Waals surface area contributed by atoms with E-state index in [1.807, 2.05) is 23.1 Å². The minimum absolute atomic E-state index is 0.0100. The number of hydrogen-bond donors (Lipinski definition) is 0. The number of likely N-dealkylation sites (tertiary alicyclic amines) is 1. The molecule has 1 amide bonds. The van der Waals surface area contributed by atoms with Crippen LogP contribution in [0.2, 0.25) is 0 Å². The lowest BCUT2D eigenvalue weighted by molar-refractivity contribution is -0.135. The van der Waals surface area contributed by atoms with Gasteiger partial charge in [0.1, 0.15) is 18.1 Å². The van der Waals surface area contributed by atoms with Crippen LogP contribution in [0.1, 0.15) is 12.8 Å². The highest BCUT2D eigenvalue weighted by atomic mass is 16.5. The standard InChI is InChI=1S/C18H23NO4/c1-3-11-22-13-15-7-9-19(10-8-15)18(20)14-23-17-6-4-5-16(12-17)21-2/h1,4-6,12,15H,7-11,13-14H2,2H3. The summed E-state index contributed by atoms with van der Waals surface area (Å²) in [4.78, 5) is 14.0. The predicted octanol–water partition coefficient (Wildman–Crippen LogP) is 1.96. The molecular formula is C18H23NO4. The molecule has 1 fully saturated rings. The van der Waals surface area contributed by atoms with Gasteiger partial charge in [0.2, 0.25) is 0 Å². The Kier molecular flexibility index (Phi) is 6.76. The molecule has 0 unspecified atom stereocenters. The molecule has 0 spiro atoms. The van der Waals surface area contributed by atoms with Gasteiger partial charge in [-0.25, -0.2) is 0 Å². The van der Waals surface area contributed by atoms with Crippen molar-refractivity contribution in [1.82, 2.24) is 4.90 Å². The minimum Gasteiger partial charge on any atom is -0.497 e. The third kappa shape index (κ3) is 5.50. The lowest BCUT2D eigenvalue weighted by Crippen LogP contribution is -2.41. The maximum absolute atomic E-state index is 12.2. The number of piperidine rings is 1. The van der Waals surface area contributed by atoms with Crippen molar-refractivity contribution in [3.63, 3.8) is 0 Å². The molecule has 1 aromatic carbocycles. The summed E-state index contributed by atoms with van der Waals surface area (Å²) in [6.07, 6.45) is 7.04. The minimum atomic E-state index is 0.0100. The molecule has 23 heavy (non-hydrogen) atoms. The highest BCUT2D eigenvalue weighted by Crippen LogP contribution is 2.20. The second kappa shape index (κ2) is 9.06. The van der Waals surface area contributed by atoms with E-state index < -0.39 is 0 Å². The molecule has 0 aliphatic carbocycles. The van der Waals surface area contributed by atoms with Gasteiger partial charge in [-0.15, -0.1) is 6.42 Å². The second-order valence-corrected chi connectivity index (χ2v) is 5.51. The van der Waals surface area contributed by atoms with Gasteiger partial charge in [0.15, 0.2) is 6.61 Å². The number of methoxy groups -OCH3 is 1. The predicted molar refractivity (Wildman–Crippen MR) is 87.4 cm³/mol. The topological polar surface area (TPSA) is 48.0 Å². The Morgan fingerprint density at radius 1 is 1.35 bits per heavy atom. The van der Waals surface area contributed by atoms with Gasteiger partial charge in [-0.05, 0) is 30.9 Å². The summed E-state index contributed by atoms with van der Waals surface area (Å²) < 4.78 is 16.1. The molecule has 124 valence electrons. The second-order valence-electron chi connectivity index (χ2n) is 5.51. The zero-order valence-electron chi connectivity index (χ0n) is 13.5. The van der Waals surface area contributed by atoms with Crippen molar-refractivity contribution in [3.05, 3.63) is 24.3 Å². The average Bonchev–Trinajstić information content (AvgIpc) is 2.60. The first-order chi connectivity index (χ1) is 11.2.